The average molecular weight is 355 g/mol. The molecule has 0 bridgehead atoms. The molecule has 1 fully saturated rings. The highest BCUT2D eigenvalue weighted by molar-refractivity contribution is 9.10. The third-order valence-corrected chi connectivity index (χ3v) is 4.90. The molecule has 0 spiro atoms. The molecule has 2 aromatic rings. The highest BCUT2D eigenvalue weighted by atomic mass is 79.9. The van der Waals surface area contributed by atoms with Crippen LogP contribution in [0.2, 0.25) is 5.02 Å². The minimum Gasteiger partial charge on any atom is -0.315 e. The van der Waals surface area contributed by atoms with E-state index in [4.69, 9.17) is 11.6 Å². The molecule has 1 aliphatic heterocycles. The second kappa shape index (κ2) is 5.47. The number of benzene rings is 2. The molecule has 0 atom stereocenters. The van der Waals surface area contributed by atoms with Gasteiger partial charge in [-0.1, -0.05) is 51.8 Å². The van der Waals surface area contributed by atoms with E-state index in [1.165, 1.54) is 5.56 Å². The normalized spacial score (nSPS) is 16.8. The van der Waals surface area contributed by atoms with E-state index in [0.29, 0.717) is 0 Å². The Morgan fingerprint density at radius 2 is 1.95 bits per heavy atom. The Balaban J connectivity index is 1.94. The van der Waals surface area contributed by atoms with Gasteiger partial charge in [0.15, 0.2) is 0 Å². The molecule has 4 heteroatoms. The van der Waals surface area contributed by atoms with Crippen molar-refractivity contribution >= 4 is 27.5 Å². The Kier molecular flexibility index (Phi) is 3.85. The smallest absolute Gasteiger partial charge is 0.142 e. The van der Waals surface area contributed by atoms with Gasteiger partial charge in [0, 0.05) is 23.0 Å². The molecule has 0 radical (unpaired) electrons. The summed E-state index contributed by atoms with van der Waals surface area (Å²) in [5.74, 6) is -0.348. The van der Waals surface area contributed by atoms with Gasteiger partial charge in [0.2, 0.25) is 0 Å². The first-order chi connectivity index (χ1) is 9.61. The van der Waals surface area contributed by atoms with Gasteiger partial charge in [0.25, 0.3) is 0 Å². The summed E-state index contributed by atoms with van der Waals surface area (Å²) < 4.78 is 14.7. The Morgan fingerprint density at radius 1 is 1.20 bits per heavy atom. The van der Waals surface area contributed by atoms with Crippen LogP contribution in [0.4, 0.5) is 4.39 Å². The molecule has 104 valence electrons. The molecule has 0 unspecified atom stereocenters. The fourth-order valence-corrected chi connectivity index (χ4v) is 3.59. The molecule has 2 aromatic carbocycles. The molecule has 1 N–H and O–H groups in total. The molecule has 1 saturated heterocycles. The van der Waals surface area contributed by atoms with Crippen molar-refractivity contribution in [2.24, 2.45) is 0 Å². The summed E-state index contributed by atoms with van der Waals surface area (Å²) in [6, 6.07) is 13.3. The molecule has 20 heavy (non-hydrogen) atoms. The predicted molar refractivity (Wildman–Crippen MR) is 83.8 cm³/mol. The summed E-state index contributed by atoms with van der Waals surface area (Å²) in [5.41, 5.74) is 2.28. The monoisotopic (exact) mass is 353 g/mol. The van der Waals surface area contributed by atoms with E-state index in [2.05, 4.69) is 33.4 Å². The zero-order valence-corrected chi connectivity index (χ0v) is 13.1. The minimum absolute atomic E-state index is 0.0281. The van der Waals surface area contributed by atoms with Gasteiger partial charge >= 0.3 is 0 Å². The molecule has 1 nitrogen and oxygen atoms in total. The Labute approximate surface area is 131 Å². The molecule has 0 amide bonds. The fourth-order valence-electron chi connectivity index (χ4n) is 2.77. The van der Waals surface area contributed by atoms with Gasteiger partial charge in [-0.2, -0.15) is 0 Å². The SMILES string of the molecule is Fc1cc(CC2(c3ccccc3Br)CNC2)ccc1Cl. The fraction of sp³-hybridized carbons (Fsp3) is 0.250. The van der Waals surface area contributed by atoms with Crippen LogP contribution in [-0.2, 0) is 11.8 Å². The van der Waals surface area contributed by atoms with Gasteiger partial charge in [0.1, 0.15) is 5.82 Å². The molecule has 1 heterocycles. The van der Waals surface area contributed by atoms with Crippen LogP contribution in [0.3, 0.4) is 0 Å². The van der Waals surface area contributed by atoms with Gasteiger partial charge in [-0.05, 0) is 35.7 Å². The van der Waals surface area contributed by atoms with Crippen molar-refractivity contribution in [1.29, 1.82) is 0 Å². The maximum absolute atomic E-state index is 13.6. The van der Waals surface area contributed by atoms with Crippen LogP contribution >= 0.6 is 27.5 Å². The maximum atomic E-state index is 13.6. The van der Waals surface area contributed by atoms with Crippen LogP contribution in [0.5, 0.6) is 0 Å². The van der Waals surface area contributed by atoms with Crippen molar-refractivity contribution in [2.75, 3.05) is 13.1 Å². The lowest BCUT2D eigenvalue weighted by Crippen LogP contribution is -2.58. The number of hydrogen-bond donors (Lipinski definition) is 1. The molecule has 3 rings (SSSR count). The van der Waals surface area contributed by atoms with Crippen LogP contribution < -0.4 is 5.32 Å². The standard InChI is InChI=1S/C16H14BrClFN/c17-13-4-2-1-3-12(13)16(9-20-10-16)8-11-5-6-14(18)15(19)7-11/h1-7,20H,8-10H2. The third kappa shape index (κ3) is 2.50. The lowest BCUT2D eigenvalue weighted by molar-refractivity contribution is 0.273. The molecule has 0 aromatic heterocycles. The first kappa shape index (κ1) is 14.1. The second-order valence-corrected chi connectivity index (χ2v) is 6.55. The summed E-state index contributed by atoms with van der Waals surface area (Å²) in [7, 11) is 0. The Bertz CT molecular complexity index is 640. The van der Waals surface area contributed by atoms with E-state index in [1.54, 1.807) is 12.1 Å². The van der Waals surface area contributed by atoms with Gasteiger partial charge in [-0.3, -0.25) is 0 Å². The highest BCUT2D eigenvalue weighted by Crippen LogP contribution is 2.37. The minimum atomic E-state index is -0.348. The van der Waals surface area contributed by atoms with E-state index >= 15 is 0 Å². The van der Waals surface area contributed by atoms with Crippen LogP contribution in [-0.4, -0.2) is 13.1 Å². The van der Waals surface area contributed by atoms with Crippen molar-refractivity contribution in [1.82, 2.24) is 5.32 Å². The van der Waals surface area contributed by atoms with Gasteiger partial charge in [-0.25, -0.2) is 4.39 Å². The van der Waals surface area contributed by atoms with Gasteiger partial charge in [-0.15, -0.1) is 0 Å². The summed E-state index contributed by atoms with van der Waals surface area (Å²) >= 11 is 9.37. The van der Waals surface area contributed by atoms with E-state index in [-0.39, 0.29) is 16.3 Å². The summed E-state index contributed by atoms with van der Waals surface area (Å²) in [4.78, 5) is 0. The van der Waals surface area contributed by atoms with Crippen LogP contribution in [0.1, 0.15) is 11.1 Å². The number of halogens is 3. The van der Waals surface area contributed by atoms with E-state index in [9.17, 15) is 4.39 Å². The molecule has 0 saturated carbocycles. The molecular weight excluding hydrogens is 341 g/mol. The largest absolute Gasteiger partial charge is 0.315 e. The highest BCUT2D eigenvalue weighted by Gasteiger charge is 2.39. The summed E-state index contributed by atoms with van der Waals surface area (Å²) in [6.45, 7) is 1.81. The van der Waals surface area contributed by atoms with Crippen molar-refractivity contribution in [3.8, 4) is 0 Å². The van der Waals surface area contributed by atoms with Crippen LogP contribution in [0.25, 0.3) is 0 Å². The van der Waals surface area contributed by atoms with E-state index < -0.39 is 0 Å². The van der Waals surface area contributed by atoms with E-state index in [1.807, 2.05) is 18.2 Å². The van der Waals surface area contributed by atoms with Crippen molar-refractivity contribution in [3.63, 3.8) is 0 Å². The maximum Gasteiger partial charge on any atom is 0.142 e. The number of nitrogens with one attached hydrogen (secondary N) is 1. The molecular formula is C16H14BrClFN. The van der Waals surface area contributed by atoms with E-state index in [0.717, 1.165) is 29.5 Å². The summed E-state index contributed by atoms with van der Waals surface area (Å²) in [6.07, 6.45) is 0.802. The first-order valence-electron chi connectivity index (χ1n) is 6.50. The average Bonchev–Trinajstić information content (AvgIpc) is 2.39. The second-order valence-electron chi connectivity index (χ2n) is 5.29. The quantitative estimate of drug-likeness (QED) is 0.865. The Hall–Kier alpha value is -0.900. The van der Waals surface area contributed by atoms with Gasteiger partial charge < -0.3 is 5.32 Å². The summed E-state index contributed by atoms with van der Waals surface area (Å²) in [5, 5.41) is 3.51. The molecule has 0 aliphatic carbocycles. The topological polar surface area (TPSA) is 12.0 Å². The number of rotatable bonds is 3. The van der Waals surface area contributed by atoms with Gasteiger partial charge in [0.05, 0.1) is 5.02 Å². The lowest BCUT2D eigenvalue weighted by atomic mass is 9.71. The van der Waals surface area contributed by atoms with Crippen LogP contribution in [0, 0.1) is 5.82 Å². The zero-order chi connectivity index (χ0) is 14.2. The third-order valence-electron chi connectivity index (χ3n) is 3.90. The first-order valence-corrected chi connectivity index (χ1v) is 7.67. The zero-order valence-electron chi connectivity index (χ0n) is 10.8. The van der Waals surface area contributed by atoms with Crippen molar-refractivity contribution < 1.29 is 4.39 Å². The number of hydrogen-bond acceptors (Lipinski definition) is 1. The van der Waals surface area contributed by atoms with Crippen LogP contribution in [0.15, 0.2) is 46.9 Å². The van der Waals surface area contributed by atoms with Crippen molar-refractivity contribution in [3.05, 3.63) is 68.9 Å². The van der Waals surface area contributed by atoms with Crippen molar-refractivity contribution in [2.45, 2.75) is 11.8 Å². The Morgan fingerprint density at radius 3 is 2.55 bits per heavy atom. The lowest BCUT2D eigenvalue weighted by Gasteiger charge is -2.44. The molecule has 1 aliphatic rings. The predicted octanol–water partition coefficient (Wildman–Crippen LogP) is 4.33.